The van der Waals surface area contributed by atoms with Gasteiger partial charge in [0.1, 0.15) is 0 Å². The number of Topliss-reactive ketones (excluding diaryl/α,β-unsaturated/α-hetero) is 1. The lowest BCUT2D eigenvalue weighted by atomic mass is 9.88. The van der Waals surface area contributed by atoms with E-state index in [4.69, 9.17) is 9.47 Å². The van der Waals surface area contributed by atoms with Crippen molar-refractivity contribution in [3.05, 3.63) is 41.2 Å². The van der Waals surface area contributed by atoms with Crippen molar-refractivity contribution in [1.29, 1.82) is 0 Å². The summed E-state index contributed by atoms with van der Waals surface area (Å²) in [6.07, 6.45) is 1.58. The van der Waals surface area contributed by atoms with Crippen molar-refractivity contribution in [3.8, 4) is 17.2 Å². The van der Waals surface area contributed by atoms with Gasteiger partial charge in [-0.25, -0.2) is 0 Å². The minimum atomic E-state index is 0.256. The molecule has 1 atom stereocenters. The van der Waals surface area contributed by atoms with Crippen LogP contribution in [0.3, 0.4) is 0 Å². The second-order valence-corrected chi connectivity index (χ2v) is 5.96. The van der Waals surface area contributed by atoms with Gasteiger partial charge in [0.2, 0.25) is 6.79 Å². The molecule has 4 nitrogen and oxygen atoms in total. The second kappa shape index (κ2) is 4.38. The molecule has 1 aromatic heterocycles. The van der Waals surface area contributed by atoms with Crippen LogP contribution in [0.25, 0.3) is 5.69 Å². The fourth-order valence-corrected chi connectivity index (χ4v) is 3.35. The molecule has 0 spiro atoms. The smallest absolute Gasteiger partial charge is 0.231 e. The zero-order valence-corrected chi connectivity index (χ0v) is 12.2. The molecule has 0 N–H and O–H groups in total. The molecule has 4 heteroatoms. The zero-order chi connectivity index (χ0) is 14.6. The number of carbonyl (C=O) groups excluding carboxylic acids is 1. The predicted molar refractivity (Wildman–Crippen MR) is 78.4 cm³/mol. The van der Waals surface area contributed by atoms with Gasteiger partial charge in [-0.3, -0.25) is 4.79 Å². The zero-order valence-electron chi connectivity index (χ0n) is 12.2. The van der Waals surface area contributed by atoms with Gasteiger partial charge in [-0.05, 0) is 37.5 Å². The van der Waals surface area contributed by atoms with E-state index in [-0.39, 0.29) is 12.6 Å². The number of nitrogens with zero attached hydrogens (tertiary/aromatic N) is 1. The summed E-state index contributed by atoms with van der Waals surface area (Å²) in [5, 5.41) is 0. The first-order valence-corrected chi connectivity index (χ1v) is 7.28. The predicted octanol–water partition coefficient (Wildman–Crippen LogP) is 3.28. The maximum Gasteiger partial charge on any atom is 0.231 e. The van der Waals surface area contributed by atoms with E-state index in [1.807, 2.05) is 31.2 Å². The Morgan fingerprint density at radius 1 is 1.14 bits per heavy atom. The van der Waals surface area contributed by atoms with E-state index in [9.17, 15) is 4.79 Å². The molecule has 0 radical (unpaired) electrons. The molecule has 4 rings (SSSR count). The van der Waals surface area contributed by atoms with Gasteiger partial charge in [-0.15, -0.1) is 0 Å². The Labute approximate surface area is 123 Å². The van der Waals surface area contributed by atoms with Crippen LogP contribution in [-0.4, -0.2) is 17.1 Å². The quantitative estimate of drug-likeness (QED) is 0.806. The Hall–Kier alpha value is -2.23. The third-order valence-corrected chi connectivity index (χ3v) is 4.28. The minimum absolute atomic E-state index is 0.256. The van der Waals surface area contributed by atoms with Crippen molar-refractivity contribution in [1.82, 2.24) is 4.57 Å². The summed E-state index contributed by atoms with van der Waals surface area (Å²) in [4.78, 5) is 12.2. The Bertz CT molecular complexity index is 745. The first-order chi connectivity index (χ1) is 10.1. The van der Waals surface area contributed by atoms with E-state index >= 15 is 0 Å². The second-order valence-electron chi connectivity index (χ2n) is 5.96. The van der Waals surface area contributed by atoms with Crippen LogP contribution in [0.4, 0.5) is 0 Å². The highest BCUT2D eigenvalue weighted by molar-refractivity contribution is 5.99. The van der Waals surface area contributed by atoms with Crippen molar-refractivity contribution in [2.75, 3.05) is 6.79 Å². The molecule has 108 valence electrons. The van der Waals surface area contributed by atoms with Crippen molar-refractivity contribution < 1.29 is 14.3 Å². The van der Waals surface area contributed by atoms with Gasteiger partial charge in [0.25, 0.3) is 0 Å². The first-order valence-electron chi connectivity index (χ1n) is 7.28. The lowest BCUT2D eigenvalue weighted by Crippen LogP contribution is -2.19. The molecule has 2 aliphatic rings. The van der Waals surface area contributed by atoms with Gasteiger partial charge in [-0.2, -0.15) is 0 Å². The molecule has 0 amide bonds. The highest BCUT2D eigenvalue weighted by Gasteiger charge is 2.27. The SMILES string of the molecule is Cc1cc2c(n1-c1ccc3c(c1)OCO3)C[C@@H](C)CC2=O. The molecule has 1 aromatic carbocycles. The topological polar surface area (TPSA) is 40.5 Å². The molecule has 2 heterocycles. The molecule has 2 aromatic rings. The number of benzene rings is 1. The lowest BCUT2D eigenvalue weighted by molar-refractivity contribution is 0.0952. The summed E-state index contributed by atoms with van der Waals surface area (Å²) in [6, 6.07) is 7.94. The standard InChI is InChI=1S/C17H17NO3/c1-10-5-14-13(15(19)6-10)7-11(2)18(14)12-3-4-16-17(8-12)21-9-20-16/h3-4,7-8,10H,5-6,9H2,1-2H3/t10-/m1/s1. The van der Waals surface area contributed by atoms with Crippen molar-refractivity contribution in [3.63, 3.8) is 0 Å². The molecule has 1 aliphatic heterocycles. The van der Waals surface area contributed by atoms with Crippen molar-refractivity contribution >= 4 is 5.78 Å². The molecule has 1 aliphatic carbocycles. The average molecular weight is 283 g/mol. The number of fused-ring (bicyclic) bond motifs is 2. The molecule has 0 unspecified atom stereocenters. The summed E-state index contributed by atoms with van der Waals surface area (Å²) in [7, 11) is 0. The van der Waals surface area contributed by atoms with Crippen LogP contribution in [0.2, 0.25) is 0 Å². The maximum atomic E-state index is 12.2. The summed E-state index contributed by atoms with van der Waals surface area (Å²) >= 11 is 0. The Kier molecular flexibility index (Phi) is 2.61. The van der Waals surface area contributed by atoms with E-state index < -0.39 is 0 Å². The van der Waals surface area contributed by atoms with Crippen LogP contribution in [0, 0.1) is 12.8 Å². The van der Waals surface area contributed by atoms with Gasteiger partial charge in [0.05, 0.1) is 0 Å². The van der Waals surface area contributed by atoms with Gasteiger partial charge >= 0.3 is 0 Å². The van der Waals surface area contributed by atoms with Gasteiger partial charge in [-0.1, -0.05) is 6.92 Å². The number of hydrogen-bond acceptors (Lipinski definition) is 3. The summed E-state index contributed by atoms with van der Waals surface area (Å²) in [6.45, 7) is 4.45. The van der Waals surface area contributed by atoms with Crippen LogP contribution in [0.15, 0.2) is 24.3 Å². The highest BCUT2D eigenvalue weighted by Crippen LogP contribution is 2.36. The lowest BCUT2D eigenvalue weighted by Gasteiger charge is -2.20. The van der Waals surface area contributed by atoms with Gasteiger partial charge in [0.15, 0.2) is 17.3 Å². The monoisotopic (exact) mass is 283 g/mol. The fourth-order valence-electron chi connectivity index (χ4n) is 3.35. The van der Waals surface area contributed by atoms with Crippen molar-refractivity contribution in [2.24, 2.45) is 5.92 Å². The largest absolute Gasteiger partial charge is 0.454 e. The number of carbonyl (C=O) groups is 1. The van der Waals surface area contributed by atoms with Crippen LogP contribution in [-0.2, 0) is 6.42 Å². The van der Waals surface area contributed by atoms with Crippen LogP contribution in [0.5, 0.6) is 11.5 Å². The van der Waals surface area contributed by atoms with Gasteiger partial charge in [0, 0.05) is 35.1 Å². The third-order valence-electron chi connectivity index (χ3n) is 4.28. The van der Waals surface area contributed by atoms with Crippen LogP contribution >= 0.6 is 0 Å². The molecule has 0 saturated heterocycles. The summed E-state index contributed by atoms with van der Waals surface area (Å²) in [5.41, 5.74) is 4.11. The van der Waals surface area contributed by atoms with E-state index in [1.54, 1.807) is 0 Å². The summed E-state index contributed by atoms with van der Waals surface area (Å²) in [5.74, 6) is 2.20. The molecule has 0 fully saturated rings. The number of aryl methyl sites for hydroxylation is 1. The molecule has 0 saturated carbocycles. The maximum absolute atomic E-state index is 12.2. The highest BCUT2D eigenvalue weighted by atomic mass is 16.7. The van der Waals surface area contributed by atoms with E-state index in [1.165, 1.54) is 0 Å². The van der Waals surface area contributed by atoms with Gasteiger partial charge < -0.3 is 14.0 Å². The fraction of sp³-hybridized carbons (Fsp3) is 0.353. The first kappa shape index (κ1) is 12.5. The van der Waals surface area contributed by atoms with E-state index in [0.29, 0.717) is 12.3 Å². The Morgan fingerprint density at radius 3 is 2.81 bits per heavy atom. The number of ether oxygens (including phenoxy) is 2. The number of aromatic nitrogens is 1. The van der Waals surface area contributed by atoms with E-state index in [2.05, 4.69) is 11.5 Å². The molecule has 21 heavy (non-hydrogen) atoms. The average Bonchev–Trinajstić information content (AvgIpc) is 3.01. The van der Waals surface area contributed by atoms with Crippen molar-refractivity contribution in [2.45, 2.75) is 26.7 Å². The molecular weight excluding hydrogens is 266 g/mol. The number of rotatable bonds is 1. The summed E-state index contributed by atoms with van der Waals surface area (Å²) < 4.78 is 13.0. The van der Waals surface area contributed by atoms with Crippen LogP contribution < -0.4 is 9.47 Å². The molecular formula is C17H17NO3. The Balaban J connectivity index is 1.88. The van der Waals surface area contributed by atoms with Crippen LogP contribution in [0.1, 0.15) is 35.1 Å². The minimum Gasteiger partial charge on any atom is -0.454 e. The third kappa shape index (κ3) is 1.86. The van der Waals surface area contributed by atoms with E-state index in [0.717, 1.165) is 40.6 Å². The normalized spacial score (nSPS) is 19.7. The Morgan fingerprint density at radius 2 is 1.95 bits per heavy atom. The number of hydrogen-bond donors (Lipinski definition) is 0. The molecule has 0 bridgehead atoms. The number of ketones is 1.